The number of nitrogen functional groups attached to an aromatic ring is 1. The first-order valence-corrected chi connectivity index (χ1v) is 6.85. The second-order valence-electron chi connectivity index (χ2n) is 4.10. The third kappa shape index (κ3) is 3.21. The molecule has 1 aromatic heterocycles. The third-order valence-electron chi connectivity index (χ3n) is 2.78. The van der Waals surface area contributed by atoms with Crippen molar-refractivity contribution >= 4 is 22.9 Å². The number of thiophene rings is 1. The summed E-state index contributed by atoms with van der Waals surface area (Å²) in [6.45, 7) is 0.354. The lowest BCUT2D eigenvalue weighted by Crippen LogP contribution is -2.22. The Morgan fingerprint density at radius 2 is 2.10 bits per heavy atom. The molecule has 0 atom stereocenters. The van der Waals surface area contributed by atoms with Gasteiger partial charge in [-0.05, 0) is 18.2 Å². The van der Waals surface area contributed by atoms with Gasteiger partial charge in [0.2, 0.25) is 0 Å². The molecule has 0 radical (unpaired) electrons. The van der Waals surface area contributed by atoms with Gasteiger partial charge in [-0.1, -0.05) is 0 Å². The fourth-order valence-electron chi connectivity index (χ4n) is 1.74. The van der Waals surface area contributed by atoms with Crippen LogP contribution in [0.3, 0.4) is 0 Å². The molecule has 1 heterocycles. The Morgan fingerprint density at radius 3 is 2.75 bits per heavy atom. The molecule has 106 valence electrons. The van der Waals surface area contributed by atoms with Crippen LogP contribution in [0, 0.1) is 0 Å². The van der Waals surface area contributed by atoms with Crippen molar-refractivity contribution in [2.45, 2.75) is 6.54 Å². The van der Waals surface area contributed by atoms with E-state index in [2.05, 4.69) is 5.32 Å². The molecule has 0 unspecified atom stereocenters. The predicted molar refractivity (Wildman–Crippen MR) is 79.4 cm³/mol. The van der Waals surface area contributed by atoms with Crippen molar-refractivity contribution in [3.63, 3.8) is 0 Å². The van der Waals surface area contributed by atoms with E-state index >= 15 is 0 Å². The van der Waals surface area contributed by atoms with E-state index in [1.807, 2.05) is 0 Å². The van der Waals surface area contributed by atoms with Gasteiger partial charge in [-0.25, -0.2) is 0 Å². The van der Waals surface area contributed by atoms with Gasteiger partial charge in [-0.15, -0.1) is 11.3 Å². The second-order valence-corrected chi connectivity index (χ2v) is 5.02. The Hall–Kier alpha value is -2.21. The zero-order valence-corrected chi connectivity index (χ0v) is 12.1. The van der Waals surface area contributed by atoms with Gasteiger partial charge in [0.25, 0.3) is 5.91 Å². The molecular formula is C14H16N2O3S. The van der Waals surface area contributed by atoms with E-state index in [-0.39, 0.29) is 5.91 Å². The van der Waals surface area contributed by atoms with Crippen molar-refractivity contribution in [2.24, 2.45) is 0 Å². The SMILES string of the molecule is COc1csc(C(=O)NCc2cc(N)ccc2OC)c1. The van der Waals surface area contributed by atoms with Crippen LogP contribution in [0.2, 0.25) is 0 Å². The Kier molecular flexibility index (Phi) is 4.47. The number of carbonyl (C=O) groups is 1. The third-order valence-corrected chi connectivity index (χ3v) is 3.69. The molecule has 2 rings (SSSR count). The fourth-order valence-corrected chi connectivity index (χ4v) is 2.51. The highest BCUT2D eigenvalue weighted by Gasteiger charge is 2.11. The van der Waals surface area contributed by atoms with Crippen LogP contribution in [0.25, 0.3) is 0 Å². The number of carbonyl (C=O) groups excluding carboxylic acids is 1. The van der Waals surface area contributed by atoms with E-state index in [1.165, 1.54) is 11.3 Å². The van der Waals surface area contributed by atoms with Crippen molar-refractivity contribution in [3.8, 4) is 11.5 Å². The first kappa shape index (κ1) is 14.2. The maximum atomic E-state index is 12.0. The summed E-state index contributed by atoms with van der Waals surface area (Å²) in [6.07, 6.45) is 0. The molecule has 0 saturated heterocycles. The molecule has 0 aliphatic carbocycles. The van der Waals surface area contributed by atoms with E-state index in [9.17, 15) is 4.79 Å². The average Bonchev–Trinajstić information content (AvgIpc) is 2.94. The predicted octanol–water partition coefficient (Wildman–Crippen LogP) is 2.28. The van der Waals surface area contributed by atoms with Gasteiger partial charge >= 0.3 is 0 Å². The van der Waals surface area contributed by atoms with Crippen LogP contribution in [0.15, 0.2) is 29.6 Å². The first-order valence-electron chi connectivity index (χ1n) is 5.97. The summed E-state index contributed by atoms with van der Waals surface area (Å²) in [5, 5.41) is 4.62. The molecule has 0 bridgehead atoms. The lowest BCUT2D eigenvalue weighted by atomic mass is 10.1. The zero-order chi connectivity index (χ0) is 14.5. The van der Waals surface area contributed by atoms with Gasteiger partial charge in [0.1, 0.15) is 11.5 Å². The summed E-state index contributed by atoms with van der Waals surface area (Å²) in [7, 11) is 3.16. The Bertz CT molecular complexity index is 610. The smallest absolute Gasteiger partial charge is 0.261 e. The highest BCUT2D eigenvalue weighted by atomic mass is 32.1. The van der Waals surface area contributed by atoms with Crippen LogP contribution in [0.4, 0.5) is 5.69 Å². The lowest BCUT2D eigenvalue weighted by molar-refractivity contribution is 0.0954. The molecule has 6 heteroatoms. The van der Waals surface area contributed by atoms with Crippen LogP contribution >= 0.6 is 11.3 Å². The van der Waals surface area contributed by atoms with Gasteiger partial charge in [0.05, 0.1) is 19.1 Å². The number of rotatable bonds is 5. The van der Waals surface area contributed by atoms with Crippen LogP contribution in [0.5, 0.6) is 11.5 Å². The molecule has 0 aliphatic heterocycles. The number of ether oxygens (including phenoxy) is 2. The number of hydrogen-bond donors (Lipinski definition) is 2. The van der Waals surface area contributed by atoms with Crippen molar-refractivity contribution < 1.29 is 14.3 Å². The normalized spacial score (nSPS) is 10.1. The number of hydrogen-bond acceptors (Lipinski definition) is 5. The molecule has 1 aromatic carbocycles. The standard InChI is InChI=1S/C14H16N2O3S/c1-18-11-6-13(20-8-11)14(17)16-7-9-5-10(15)3-4-12(9)19-2/h3-6,8H,7,15H2,1-2H3,(H,16,17). The number of benzene rings is 1. The summed E-state index contributed by atoms with van der Waals surface area (Å²) in [5.41, 5.74) is 7.21. The molecule has 5 nitrogen and oxygen atoms in total. The largest absolute Gasteiger partial charge is 0.496 e. The summed E-state index contributed by atoms with van der Waals surface area (Å²) >= 11 is 1.34. The number of nitrogens with two attached hydrogens (primary N) is 1. The molecule has 1 amide bonds. The minimum Gasteiger partial charge on any atom is -0.496 e. The van der Waals surface area contributed by atoms with Crippen LogP contribution < -0.4 is 20.5 Å². The summed E-state index contributed by atoms with van der Waals surface area (Å²) < 4.78 is 10.3. The highest BCUT2D eigenvalue weighted by molar-refractivity contribution is 7.12. The maximum Gasteiger partial charge on any atom is 0.261 e. The summed E-state index contributed by atoms with van der Waals surface area (Å²) in [5.74, 6) is 1.23. The van der Waals surface area contributed by atoms with E-state index in [1.54, 1.807) is 43.9 Å². The lowest BCUT2D eigenvalue weighted by Gasteiger charge is -2.10. The molecule has 0 saturated carbocycles. The van der Waals surface area contributed by atoms with Crippen LogP contribution in [-0.2, 0) is 6.54 Å². The first-order chi connectivity index (χ1) is 9.63. The molecule has 2 aromatic rings. The average molecular weight is 292 g/mol. The van der Waals surface area contributed by atoms with Gasteiger partial charge in [0, 0.05) is 29.2 Å². The molecule has 3 N–H and O–H groups in total. The van der Waals surface area contributed by atoms with Gasteiger partial charge in [-0.2, -0.15) is 0 Å². The van der Waals surface area contributed by atoms with E-state index in [4.69, 9.17) is 15.2 Å². The zero-order valence-electron chi connectivity index (χ0n) is 11.3. The topological polar surface area (TPSA) is 73.6 Å². The monoisotopic (exact) mass is 292 g/mol. The van der Waals surface area contributed by atoms with E-state index in [0.29, 0.717) is 28.6 Å². The number of anilines is 1. The number of amides is 1. The van der Waals surface area contributed by atoms with Crippen molar-refractivity contribution in [1.29, 1.82) is 0 Å². The van der Waals surface area contributed by atoms with Gasteiger partial charge in [-0.3, -0.25) is 4.79 Å². The van der Waals surface area contributed by atoms with Gasteiger partial charge < -0.3 is 20.5 Å². The summed E-state index contributed by atoms with van der Waals surface area (Å²) in [4.78, 5) is 12.6. The Morgan fingerprint density at radius 1 is 1.30 bits per heavy atom. The molecule has 0 fully saturated rings. The quantitative estimate of drug-likeness (QED) is 0.829. The van der Waals surface area contributed by atoms with E-state index in [0.717, 1.165) is 5.56 Å². The Labute approximate surface area is 121 Å². The maximum absolute atomic E-state index is 12.0. The molecule has 20 heavy (non-hydrogen) atoms. The Balaban J connectivity index is 2.04. The fraction of sp³-hybridized carbons (Fsp3) is 0.214. The minimum absolute atomic E-state index is 0.150. The van der Waals surface area contributed by atoms with Crippen molar-refractivity contribution in [2.75, 3.05) is 20.0 Å². The number of methoxy groups -OCH3 is 2. The van der Waals surface area contributed by atoms with Crippen LogP contribution in [-0.4, -0.2) is 20.1 Å². The number of nitrogens with one attached hydrogen (secondary N) is 1. The van der Waals surface area contributed by atoms with E-state index < -0.39 is 0 Å². The van der Waals surface area contributed by atoms with Crippen molar-refractivity contribution in [1.82, 2.24) is 5.32 Å². The van der Waals surface area contributed by atoms with Crippen molar-refractivity contribution in [3.05, 3.63) is 40.1 Å². The molecular weight excluding hydrogens is 276 g/mol. The highest BCUT2D eigenvalue weighted by Crippen LogP contribution is 2.23. The second kappa shape index (κ2) is 6.29. The molecule has 0 spiro atoms. The minimum atomic E-state index is -0.150. The molecule has 0 aliphatic rings. The summed E-state index contributed by atoms with van der Waals surface area (Å²) in [6, 6.07) is 7.03. The van der Waals surface area contributed by atoms with Crippen LogP contribution in [0.1, 0.15) is 15.2 Å². The van der Waals surface area contributed by atoms with Gasteiger partial charge in [0.15, 0.2) is 0 Å².